The van der Waals surface area contributed by atoms with E-state index >= 15 is 0 Å². The molecule has 6 nitrogen and oxygen atoms in total. The summed E-state index contributed by atoms with van der Waals surface area (Å²) in [4.78, 5) is 4.28. The van der Waals surface area contributed by atoms with Crippen LogP contribution in [0.5, 0.6) is 0 Å². The van der Waals surface area contributed by atoms with Gasteiger partial charge in [-0.2, -0.15) is 0 Å². The Balaban J connectivity index is 1.33. The summed E-state index contributed by atoms with van der Waals surface area (Å²) in [6, 6.07) is 8.44. The molecule has 9 atom stereocenters. The Morgan fingerprint density at radius 2 is 1.88 bits per heavy atom. The third kappa shape index (κ3) is 2.50. The number of rotatable bonds is 1. The first-order valence-electron chi connectivity index (χ1n) is 12.5. The normalized spacial score (nSPS) is 47.0. The highest BCUT2D eigenvalue weighted by Crippen LogP contribution is 2.69. The molecule has 3 fully saturated rings. The van der Waals surface area contributed by atoms with E-state index < -0.39 is 35.6 Å². The van der Waals surface area contributed by atoms with Crippen molar-refractivity contribution >= 4 is 10.8 Å². The number of hydrogen-bond acceptors (Lipinski definition) is 6. The van der Waals surface area contributed by atoms with Crippen LogP contribution in [-0.2, 0) is 4.74 Å². The van der Waals surface area contributed by atoms with Crippen LogP contribution >= 0.6 is 0 Å². The Kier molecular flexibility index (Phi) is 4.22. The second kappa shape index (κ2) is 6.77. The number of aliphatic hydroxyl groups excluding tert-OH is 4. The van der Waals surface area contributed by atoms with Crippen molar-refractivity contribution in [2.75, 3.05) is 0 Å². The van der Waals surface area contributed by atoms with Crippen LogP contribution in [0.15, 0.2) is 60.0 Å². The van der Waals surface area contributed by atoms with E-state index in [1.807, 2.05) is 18.3 Å². The Morgan fingerprint density at radius 1 is 1.03 bits per heavy atom. The highest BCUT2D eigenvalue weighted by Gasteiger charge is 2.69. The van der Waals surface area contributed by atoms with Gasteiger partial charge in [0.1, 0.15) is 12.2 Å². The predicted octanol–water partition coefficient (Wildman–Crippen LogP) is 2.75. The standard InChI is InChI=1S/C28H31NO5/c1-26-6-4-18-11-19-24(32)25(33)21(31)13-27(19)7-8-28(18,34-27)22(26)12-20(30)23(26)16-3-2-15-5-9-29-14-17(15)10-16/h2-5,9-11,14,20-25,30-33H,6-8,12-13H2,1H3/t20-,21+,22-,23+,24-,25-,26+,27-,28?/m1/s1. The molecule has 1 saturated heterocycles. The lowest BCUT2D eigenvalue weighted by Crippen LogP contribution is -2.59. The van der Waals surface area contributed by atoms with Crippen LogP contribution in [0, 0.1) is 11.3 Å². The molecular formula is C28H31NO5. The monoisotopic (exact) mass is 461 g/mol. The van der Waals surface area contributed by atoms with E-state index in [2.05, 4.69) is 36.2 Å². The average Bonchev–Trinajstić information content (AvgIpc) is 3.29. The van der Waals surface area contributed by atoms with E-state index in [1.165, 1.54) is 0 Å². The minimum absolute atomic E-state index is 0.0239. The van der Waals surface area contributed by atoms with Crippen molar-refractivity contribution in [1.82, 2.24) is 4.98 Å². The summed E-state index contributed by atoms with van der Waals surface area (Å²) < 4.78 is 6.96. The molecule has 1 unspecified atom stereocenters. The smallest absolute Gasteiger partial charge is 0.110 e. The summed E-state index contributed by atoms with van der Waals surface area (Å²) in [6.45, 7) is 2.29. The molecule has 0 amide bonds. The molecule has 3 heterocycles. The van der Waals surface area contributed by atoms with E-state index in [0.717, 1.165) is 34.8 Å². The molecule has 2 bridgehead atoms. The van der Waals surface area contributed by atoms with E-state index in [4.69, 9.17) is 4.74 Å². The maximum atomic E-state index is 11.5. The average molecular weight is 462 g/mol. The van der Waals surface area contributed by atoms with Crippen LogP contribution in [0.25, 0.3) is 10.8 Å². The lowest BCUT2D eigenvalue weighted by atomic mass is 9.58. The third-order valence-corrected chi connectivity index (χ3v) is 9.90. The number of benzene rings is 1. The fourth-order valence-corrected chi connectivity index (χ4v) is 8.34. The number of fused-ring (bicyclic) bond motifs is 2. The Labute approximate surface area is 198 Å². The van der Waals surface area contributed by atoms with Crippen LogP contribution in [0.4, 0.5) is 0 Å². The number of allylic oxidation sites excluding steroid dienone is 1. The summed E-state index contributed by atoms with van der Waals surface area (Å²) in [7, 11) is 0. The number of aliphatic hydroxyl groups is 4. The first-order chi connectivity index (χ1) is 16.3. The molecule has 2 saturated carbocycles. The molecule has 2 spiro atoms. The highest BCUT2D eigenvalue weighted by atomic mass is 16.5. The van der Waals surface area contributed by atoms with Crippen LogP contribution in [0.2, 0.25) is 0 Å². The number of aromatic nitrogens is 1. The lowest BCUT2D eigenvalue weighted by Gasteiger charge is -2.55. The molecular weight excluding hydrogens is 430 g/mol. The van der Waals surface area contributed by atoms with Crippen LogP contribution in [-0.4, -0.2) is 61.0 Å². The molecule has 5 aliphatic rings. The lowest BCUT2D eigenvalue weighted by molar-refractivity contribution is -0.176. The van der Waals surface area contributed by atoms with Gasteiger partial charge in [-0.1, -0.05) is 31.2 Å². The fraction of sp³-hybridized carbons (Fsp3) is 0.536. The molecule has 1 aromatic heterocycles. The molecule has 2 aliphatic heterocycles. The number of nitrogens with zero attached hydrogens (tertiary/aromatic N) is 1. The molecule has 34 heavy (non-hydrogen) atoms. The van der Waals surface area contributed by atoms with Crippen molar-refractivity contribution in [3.05, 3.63) is 65.5 Å². The van der Waals surface area contributed by atoms with Gasteiger partial charge in [-0.15, -0.1) is 0 Å². The van der Waals surface area contributed by atoms with Gasteiger partial charge in [0.05, 0.1) is 23.4 Å². The zero-order valence-corrected chi connectivity index (χ0v) is 19.3. The summed E-state index contributed by atoms with van der Waals surface area (Å²) >= 11 is 0. The minimum atomic E-state index is -1.19. The fourth-order valence-electron chi connectivity index (χ4n) is 8.34. The van der Waals surface area contributed by atoms with Gasteiger partial charge >= 0.3 is 0 Å². The maximum absolute atomic E-state index is 11.5. The molecule has 3 aliphatic carbocycles. The van der Waals surface area contributed by atoms with Gasteiger partial charge in [-0.3, -0.25) is 4.98 Å². The Hall–Kier alpha value is -2.09. The van der Waals surface area contributed by atoms with Crippen molar-refractivity contribution < 1.29 is 25.2 Å². The van der Waals surface area contributed by atoms with Crippen molar-refractivity contribution in [1.29, 1.82) is 0 Å². The molecule has 6 heteroatoms. The van der Waals surface area contributed by atoms with Gasteiger partial charge < -0.3 is 25.2 Å². The van der Waals surface area contributed by atoms with Gasteiger partial charge in [0, 0.05) is 36.0 Å². The van der Waals surface area contributed by atoms with Gasteiger partial charge in [-0.05, 0) is 65.3 Å². The van der Waals surface area contributed by atoms with Crippen molar-refractivity contribution in [2.24, 2.45) is 11.3 Å². The van der Waals surface area contributed by atoms with Gasteiger partial charge in [0.25, 0.3) is 0 Å². The quantitative estimate of drug-likeness (QED) is 0.521. The third-order valence-electron chi connectivity index (χ3n) is 9.90. The molecule has 7 rings (SSSR count). The second-order valence-corrected chi connectivity index (χ2v) is 11.5. The van der Waals surface area contributed by atoms with Crippen LogP contribution < -0.4 is 0 Å². The minimum Gasteiger partial charge on any atom is -0.392 e. The van der Waals surface area contributed by atoms with E-state index in [-0.39, 0.29) is 17.3 Å². The first-order valence-corrected chi connectivity index (χ1v) is 12.5. The van der Waals surface area contributed by atoms with E-state index in [9.17, 15) is 20.4 Å². The number of ether oxygens (including phenoxy) is 1. The number of hydrogen-bond donors (Lipinski definition) is 4. The largest absolute Gasteiger partial charge is 0.392 e. The van der Waals surface area contributed by atoms with E-state index in [1.54, 1.807) is 6.20 Å². The van der Waals surface area contributed by atoms with Crippen molar-refractivity contribution in [3.8, 4) is 0 Å². The summed E-state index contributed by atoms with van der Waals surface area (Å²) in [5, 5.41) is 45.2. The second-order valence-electron chi connectivity index (χ2n) is 11.5. The predicted molar refractivity (Wildman–Crippen MR) is 126 cm³/mol. The van der Waals surface area contributed by atoms with Crippen molar-refractivity contribution in [2.45, 2.75) is 80.6 Å². The summed E-state index contributed by atoms with van der Waals surface area (Å²) in [5.41, 5.74) is 1.43. The zero-order chi connectivity index (χ0) is 23.5. The molecule has 178 valence electrons. The highest BCUT2D eigenvalue weighted by molar-refractivity contribution is 5.82. The van der Waals surface area contributed by atoms with Gasteiger partial charge in [-0.25, -0.2) is 0 Å². The van der Waals surface area contributed by atoms with E-state index in [0.29, 0.717) is 24.8 Å². The van der Waals surface area contributed by atoms with Crippen LogP contribution in [0.1, 0.15) is 50.5 Å². The van der Waals surface area contributed by atoms with Crippen LogP contribution in [0.3, 0.4) is 0 Å². The molecule has 1 aromatic carbocycles. The molecule has 4 N–H and O–H groups in total. The topological polar surface area (TPSA) is 103 Å². The Bertz CT molecular complexity index is 1260. The summed E-state index contributed by atoms with van der Waals surface area (Å²) in [5.74, 6) is 0.0899. The van der Waals surface area contributed by atoms with Gasteiger partial charge in [0.2, 0.25) is 0 Å². The maximum Gasteiger partial charge on any atom is 0.110 e. The van der Waals surface area contributed by atoms with Crippen molar-refractivity contribution in [3.63, 3.8) is 0 Å². The number of pyridine rings is 1. The molecule has 0 radical (unpaired) electrons. The van der Waals surface area contributed by atoms with Gasteiger partial charge in [0.15, 0.2) is 0 Å². The first kappa shape index (κ1) is 21.2. The SMILES string of the molecule is C[C@]12CC=C3C=C4[C@@H](O)[C@H](O)[C@@H](O)C[C@]45CCC3(O5)[C@@H]1C[C@@H](O)[C@@H]2c1ccc2ccncc2c1. The molecule has 2 aromatic rings. The summed E-state index contributed by atoms with van der Waals surface area (Å²) in [6.07, 6.45) is 7.37. The Morgan fingerprint density at radius 3 is 2.74 bits per heavy atom. The zero-order valence-electron chi connectivity index (χ0n) is 19.3.